The second-order valence-corrected chi connectivity index (χ2v) is 9.21. The number of aromatic nitrogens is 1. The van der Waals surface area contributed by atoms with Crippen molar-refractivity contribution in [2.45, 2.75) is 58.0 Å². The molecule has 0 saturated carbocycles. The zero-order chi connectivity index (χ0) is 19.3. The van der Waals surface area contributed by atoms with E-state index in [-0.39, 0.29) is 5.92 Å². The molecule has 3 aliphatic rings. The first-order valence-corrected chi connectivity index (χ1v) is 11.3. The highest BCUT2D eigenvalue weighted by molar-refractivity contribution is 5.79. The Morgan fingerprint density at radius 1 is 1.07 bits per heavy atom. The van der Waals surface area contributed by atoms with Crippen LogP contribution in [0.4, 0.5) is 0 Å². The highest BCUT2D eigenvalue weighted by Crippen LogP contribution is 2.27. The van der Waals surface area contributed by atoms with E-state index in [0.717, 1.165) is 51.6 Å². The first kappa shape index (κ1) is 19.8. The van der Waals surface area contributed by atoms with Crippen LogP contribution in [0.3, 0.4) is 0 Å². The lowest BCUT2D eigenvalue weighted by atomic mass is 9.91. The van der Waals surface area contributed by atoms with Crippen LogP contribution >= 0.6 is 0 Å². The van der Waals surface area contributed by atoms with Gasteiger partial charge >= 0.3 is 0 Å². The van der Waals surface area contributed by atoms with E-state index in [1.54, 1.807) is 0 Å². The highest BCUT2D eigenvalue weighted by Gasteiger charge is 2.34. The van der Waals surface area contributed by atoms with Gasteiger partial charge in [0.2, 0.25) is 5.91 Å². The first-order chi connectivity index (χ1) is 13.7. The number of pyridine rings is 1. The molecular weight excluding hydrogens is 348 g/mol. The number of carbonyl (C=O) groups excluding carboxylic acids is 1. The van der Waals surface area contributed by atoms with Crippen molar-refractivity contribution < 1.29 is 4.79 Å². The molecular formula is C23H36N4O. The molecule has 154 valence electrons. The van der Waals surface area contributed by atoms with Crippen molar-refractivity contribution in [3.05, 3.63) is 30.1 Å². The molecule has 0 aliphatic carbocycles. The summed E-state index contributed by atoms with van der Waals surface area (Å²) in [7, 11) is 0. The number of carbonyl (C=O) groups is 1. The Morgan fingerprint density at radius 2 is 1.86 bits per heavy atom. The van der Waals surface area contributed by atoms with Crippen LogP contribution in [0.2, 0.25) is 0 Å². The molecule has 3 saturated heterocycles. The van der Waals surface area contributed by atoms with Gasteiger partial charge in [-0.1, -0.05) is 13.0 Å². The number of hydrogen-bond acceptors (Lipinski definition) is 4. The molecule has 28 heavy (non-hydrogen) atoms. The van der Waals surface area contributed by atoms with Crippen LogP contribution in [0.5, 0.6) is 0 Å². The van der Waals surface area contributed by atoms with Gasteiger partial charge < -0.3 is 4.90 Å². The maximum Gasteiger partial charge on any atom is 0.226 e. The average Bonchev–Trinajstić information content (AvgIpc) is 2.75. The second kappa shape index (κ2) is 9.36. The molecule has 4 rings (SSSR count). The summed E-state index contributed by atoms with van der Waals surface area (Å²) in [4.78, 5) is 24.6. The summed E-state index contributed by atoms with van der Waals surface area (Å²) in [5.74, 6) is 1.45. The quantitative estimate of drug-likeness (QED) is 0.800. The van der Waals surface area contributed by atoms with Crippen molar-refractivity contribution in [3.8, 4) is 0 Å². The van der Waals surface area contributed by atoms with Gasteiger partial charge in [0.25, 0.3) is 0 Å². The van der Waals surface area contributed by atoms with E-state index in [1.807, 2.05) is 18.5 Å². The minimum atomic E-state index is 0.232. The van der Waals surface area contributed by atoms with E-state index in [2.05, 4.69) is 32.7 Å². The summed E-state index contributed by atoms with van der Waals surface area (Å²) in [6.45, 7) is 9.73. The molecule has 1 amide bonds. The van der Waals surface area contributed by atoms with Gasteiger partial charge in [0.15, 0.2) is 0 Å². The van der Waals surface area contributed by atoms with Crippen molar-refractivity contribution in [3.63, 3.8) is 0 Å². The van der Waals surface area contributed by atoms with Gasteiger partial charge in [-0.05, 0) is 75.7 Å². The van der Waals surface area contributed by atoms with E-state index in [9.17, 15) is 4.79 Å². The van der Waals surface area contributed by atoms with Crippen LogP contribution in [0.15, 0.2) is 24.5 Å². The van der Waals surface area contributed by atoms with Gasteiger partial charge in [-0.2, -0.15) is 0 Å². The molecule has 0 radical (unpaired) electrons. The Kier molecular flexibility index (Phi) is 6.63. The molecule has 5 nitrogen and oxygen atoms in total. The van der Waals surface area contributed by atoms with Gasteiger partial charge in [0, 0.05) is 44.6 Å². The van der Waals surface area contributed by atoms with Crippen LogP contribution in [0.1, 0.15) is 51.0 Å². The Morgan fingerprint density at radius 3 is 2.57 bits per heavy atom. The smallest absolute Gasteiger partial charge is 0.226 e. The first-order valence-electron chi connectivity index (χ1n) is 11.3. The fourth-order valence-electron chi connectivity index (χ4n) is 5.22. The van der Waals surface area contributed by atoms with Crippen LogP contribution in [0, 0.1) is 11.8 Å². The zero-order valence-corrected chi connectivity index (χ0v) is 17.4. The minimum absolute atomic E-state index is 0.232. The number of rotatable bonds is 4. The van der Waals surface area contributed by atoms with E-state index in [0.29, 0.717) is 11.9 Å². The molecule has 0 unspecified atom stereocenters. The fourth-order valence-corrected chi connectivity index (χ4v) is 5.22. The fraction of sp³-hybridized carbons (Fsp3) is 0.739. The van der Waals surface area contributed by atoms with Crippen molar-refractivity contribution in [1.82, 2.24) is 19.7 Å². The zero-order valence-electron chi connectivity index (χ0n) is 17.4. The predicted octanol–water partition coefficient (Wildman–Crippen LogP) is 3.02. The van der Waals surface area contributed by atoms with E-state index in [1.165, 1.54) is 44.2 Å². The molecule has 3 fully saturated rings. The van der Waals surface area contributed by atoms with Gasteiger partial charge in [0.1, 0.15) is 0 Å². The largest absolute Gasteiger partial charge is 0.342 e. The van der Waals surface area contributed by atoms with E-state index >= 15 is 0 Å². The normalized spacial score (nSPS) is 26.5. The number of amides is 1. The van der Waals surface area contributed by atoms with Gasteiger partial charge in [-0.3, -0.25) is 19.6 Å². The monoisotopic (exact) mass is 384 g/mol. The minimum Gasteiger partial charge on any atom is -0.342 e. The van der Waals surface area contributed by atoms with Crippen molar-refractivity contribution in [2.75, 3.05) is 39.3 Å². The Balaban J connectivity index is 1.25. The molecule has 0 N–H and O–H groups in total. The van der Waals surface area contributed by atoms with Gasteiger partial charge in [-0.25, -0.2) is 0 Å². The SMILES string of the molecule is CC1CCN(C(=O)[C@@H]2CCCN(C3CCN(Cc4cccnc4)CC3)C2)CC1. The number of nitrogens with zero attached hydrogens (tertiary/aromatic N) is 4. The van der Waals surface area contributed by atoms with Crippen LogP contribution < -0.4 is 0 Å². The molecule has 0 bridgehead atoms. The molecule has 1 aromatic heterocycles. The number of piperidine rings is 3. The summed E-state index contributed by atoms with van der Waals surface area (Å²) >= 11 is 0. The molecule has 0 aromatic carbocycles. The van der Waals surface area contributed by atoms with E-state index in [4.69, 9.17) is 0 Å². The molecule has 0 spiro atoms. The van der Waals surface area contributed by atoms with Crippen molar-refractivity contribution in [2.24, 2.45) is 11.8 Å². The van der Waals surface area contributed by atoms with Crippen LogP contribution in [0.25, 0.3) is 0 Å². The lowest BCUT2D eigenvalue weighted by Crippen LogP contribution is -2.51. The van der Waals surface area contributed by atoms with E-state index < -0.39 is 0 Å². The molecule has 3 aliphatic heterocycles. The van der Waals surface area contributed by atoms with Crippen molar-refractivity contribution in [1.29, 1.82) is 0 Å². The standard InChI is InChI=1S/C23H36N4O/c1-19-6-14-26(15-7-19)23(28)21-5-3-11-27(18-21)22-8-12-25(13-9-22)17-20-4-2-10-24-16-20/h2,4,10,16,19,21-22H,3,5-9,11-15,17-18H2,1H3/t21-/m1/s1. The molecule has 1 atom stereocenters. The Hall–Kier alpha value is -1.46. The van der Waals surface area contributed by atoms with Crippen LogP contribution in [-0.2, 0) is 11.3 Å². The molecule has 1 aromatic rings. The lowest BCUT2D eigenvalue weighted by molar-refractivity contribution is -0.139. The third-order valence-electron chi connectivity index (χ3n) is 7.10. The Bertz CT molecular complexity index is 621. The maximum absolute atomic E-state index is 13.0. The van der Waals surface area contributed by atoms with Crippen molar-refractivity contribution >= 4 is 5.91 Å². The number of likely N-dealkylation sites (tertiary alicyclic amines) is 3. The maximum atomic E-state index is 13.0. The number of hydrogen-bond donors (Lipinski definition) is 0. The molecule has 5 heteroatoms. The highest BCUT2D eigenvalue weighted by atomic mass is 16.2. The summed E-state index contributed by atoms with van der Waals surface area (Å²) in [5, 5.41) is 0. The second-order valence-electron chi connectivity index (χ2n) is 9.21. The summed E-state index contributed by atoms with van der Waals surface area (Å²) in [5.41, 5.74) is 1.31. The summed E-state index contributed by atoms with van der Waals surface area (Å²) in [6, 6.07) is 4.85. The van der Waals surface area contributed by atoms with Gasteiger partial charge in [-0.15, -0.1) is 0 Å². The summed E-state index contributed by atoms with van der Waals surface area (Å²) in [6.07, 6.45) is 10.9. The van der Waals surface area contributed by atoms with Crippen LogP contribution in [-0.4, -0.2) is 70.9 Å². The topological polar surface area (TPSA) is 39.7 Å². The summed E-state index contributed by atoms with van der Waals surface area (Å²) < 4.78 is 0. The molecule has 4 heterocycles. The third kappa shape index (κ3) is 4.93. The van der Waals surface area contributed by atoms with Gasteiger partial charge in [0.05, 0.1) is 5.92 Å². The predicted molar refractivity (Wildman–Crippen MR) is 112 cm³/mol. The Labute approximate surface area is 170 Å². The lowest BCUT2D eigenvalue weighted by Gasteiger charge is -2.43. The third-order valence-corrected chi connectivity index (χ3v) is 7.10. The average molecular weight is 385 g/mol.